The molecule has 7 unspecified atom stereocenters. The van der Waals surface area contributed by atoms with Gasteiger partial charge < -0.3 is 10.4 Å². The van der Waals surface area contributed by atoms with Crippen molar-refractivity contribution in [3.8, 4) is 0 Å². The highest BCUT2D eigenvalue weighted by Crippen LogP contribution is 2.63. The minimum atomic E-state index is -0.357. The van der Waals surface area contributed by atoms with Crippen molar-refractivity contribution in [3.63, 3.8) is 0 Å². The third kappa shape index (κ3) is 1.75. The molecule has 3 aliphatic carbocycles. The number of piperidine rings is 1. The molecule has 0 aromatic rings. The standard InChI is InChI=1S/C17H29NO/c1-2-11-6-7-18-16(8-11)17(19)10-12-9-15(17)14-5-3-4-13(12)14/h11-16,18-19H,2-10H2,1H3. The molecule has 2 heteroatoms. The Morgan fingerprint density at radius 1 is 1.16 bits per heavy atom. The highest BCUT2D eigenvalue weighted by atomic mass is 16.3. The van der Waals surface area contributed by atoms with E-state index < -0.39 is 0 Å². The van der Waals surface area contributed by atoms with E-state index in [1.807, 2.05) is 0 Å². The maximum atomic E-state index is 11.4. The SMILES string of the molecule is CCC1CCNC(C2(O)CC3CC2C2CCCC32)C1. The molecule has 7 atom stereocenters. The van der Waals surface area contributed by atoms with Gasteiger partial charge in [0.25, 0.3) is 0 Å². The summed E-state index contributed by atoms with van der Waals surface area (Å²) in [6, 6.07) is 0.391. The van der Waals surface area contributed by atoms with Crippen molar-refractivity contribution >= 4 is 0 Å². The van der Waals surface area contributed by atoms with Gasteiger partial charge in [0.05, 0.1) is 5.60 Å². The molecule has 0 spiro atoms. The summed E-state index contributed by atoms with van der Waals surface area (Å²) in [6.07, 6.45) is 10.5. The van der Waals surface area contributed by atoms with Gasteiger partial charge in [0, 0.05) is 6.04 Å². The molecular formula is C17H29NO. The molecule has 1 saturated heterocycles. The lowest BCUT2D eigenvalue weighted by Crippen LogP contribution is -2.58. The zero-order valence-electron chi connectivity index (χ0n) is 12.3. The van der Waals surface area contributed by atoms with Crippen LogP contribution < -0.4 is 5.32 Å². The van der Waals surface area contributed by atoms with Crippen molar-refractivity contribution in [1.82, 2.24) is 5.32 Å². The monoisotopic (exact) mass is 263 g/mol. The summed E-state index contributed by atoms with van der Waals surface area (Å²) in [5, 5.41) is 15.1. The van der Waals surface area contributed by atoms with Crippen LogP contribution in [0.15, 0.2) is 0 Å². The van der Waals surface area contributed by atoms with E-state index in [1.165, 1.54) is 44.9 Å². The number of nitrogens with one attached hydrogen (secondary N) is 1. The van der Waals surface area contributed by atoms with E-state index in [1.54, 1.807) is 0 Å². The third-order valence-corrected chi connectivity index (χ3v) is 7.23. The van der Waals surface area contributed by atoms with Crippen LogP contribution in [0.1, 0.15) is 58.3 Å². The fraction of sp³-hybridized carbons (Fsp3) is 1.00. The molecule has 0 aromatic carbocycles. The van der Waals surface area contributed by atoms with Crippen LogP contribution in [0, 0.1) is 29.6 Å². The Kier molecular flexibility index (Phi) is 2.97. The first-order chi connectivity index (χ1) is 9.22. The summed E-state index contributed by atoms with van der Waals surface area (Å²) < 4.78 is 0. The smallest absolute Gasteiger partial charge is 0.0833 e. The molecule has 19 heavy (non-hydrogen) atoms. The molecule has 2 nitrogen and oxygen atoms in total. The van der Waals surface area contributed by atoms with Crippen molar-refractivity contribution < 1.29 is 5.11 Å². The molecule has 108 valence electrons. The van der Waals surface area contributed by atoms with Gasteiger partial charge in [0.1, 0.15) is 0 Å². The maximum Gasteiger partial charge on any atom is 0.0833 e. The number of aliphatic hydroxyl groups is 1. The largest absolute Gasteiger partial charge is 0.388 e. The van der Waals surface area contributed by atoms with Crippen molar-refractivity contribution in [2.75, 3.05) is 6.54 Å². The van der Waals surface area contributed by atoms with Gasteiger partial charge in [0.2, 0.25) is 0 Å². The van der Waals surface area contributed by atoms with Crippen LogP contribution in [0.4, 0.5) is 0 Å². The fourth-order valence-electron chi connectivity index (χ4n) is 6.31. The van der Waals surface area contributed by atoms with Crippen molar-refractivity contribution in [2.24, 2.45) is 29.6 Å². The van der Waals surface area contributed by atoms with Crippen LogP contribution in [0.2, 0.25) is 0 Å². The summed E-state index contributed by atoms with van der Waals surface area (Å²) >= 11 is 0. The lowest BCUT2D eigenvalue weighted by atomic mass is 9.67. The van der Waals surface area contributed by atoms with Crippen LogP contribution in [0.3, 0.4) is 0 Å². The predicted octanol–water partition coefficient (Wildman–Crippen LogP) is 2.95. The maximum absolute atomic E-state index is 11.4. The average Bonchev–Trinajstić information content (AvgIpc) is 3.10. The first-order valence-corrected chi connectivity index (χ1v) is 8.68. The second kappa shape index (κ2) is 4.46. The first-order valence-electron chi connectivity index (χ1n) is 8.68. The van der Waals surface area contributed by atoms with Crippen LogP contribution in [0.25, 0.3) is 0 Å². The van der Waals surface area contributed by atoms with Crippen LogP contribution >= 0.6 is 0 Å². The topological polar surface area (TPSA) is 32.3 Å². The van der Waals surface area contributed by atoms with E-state index in [0.29, 0.717) is 12.0 Å². The van der Waals surface area contributed by atoms with Crippen molar-refractivity contribution in [1.29, 1.82) is 0 Å². The Bertz CT molecular complexity index is 357. The molecule has 4 aliphatic rings. The lowest BCUT2D eigenvalue weighted by Gasteiger charge is -2.47. The van der Waals surface area contributed by atoms with E-state index >= 15 is 0 Å². The van der Waals surface area contributed by atoms with Crippen LogP contribution in [-0.4, -0.2) is 23.3 Å². The summed E-state index contributed by atoms with van der Waals surface area (Å²) in [6.45, 7) is 3.43. The second-order valence-electron chi connectivity index (χ2n) is 7.86. The molecule has 0 aromatic heterocycles. The van der Waals surface area contributed by atoms with Gasteiger partial charge in [-0.3, -0.25) is 0 Å². The Balaban J connectivity index is 1.54. The van der Waals surface area contributed by atoms with E-state index in [-0.39, 0.29) is 5.60 Å². The zero-order chi connectivity index (χ0) is 13.0. The van der Waals surface area contributed by atoms with Gasteiger partial charge in [-0.2, -0.15) is 0 Å². The zero-order valence-corrected chi connectivity index (χ0v) is 12.3. The van der Waals surface area contributed by atoms with Crippen LogP contribution in [-0.2, 0) is 0 Å². The molecule has 4 rings (SSSR count). The van der Waals surface area contributed by atoms with E-state index in [0.717, 1.165) is 36.6 Å². The number of hydrogen-bond donors (Lipinski definition) is 2. The van der Waals surface area contributed by atoms with E-state index in [9.17, 15) is 5.11 Å². The summed E-state index contributed by atoms with van der Waals surface area (Å²) in [5.74, 6) is 4.17. The molecule has 0 amide bonds. The third-order valence-electron chi connectivity index (χ3n) is 7.23. The molecule has 3 saturated carbocycles. The van der Waals surface area contributed by atoms with Gasteiger partial charge in [-0.15, -0.1) is 0 Å². The summed E-state index contributed by atoms with van der Waals surface area (Å²) in [7, 11) is 0. The van der Waals surface area contributed by atoms with Crippen molar-refractivity contribution in [3.05, 3.63) is 0 Å². The lowest BCUT2D eigenvalue weighted by molar-refractivity contribution is -0.0838. The average molecular weight is 263 g/mol. The highest BCUT2D eigenvalue weighted by Gasteiger charge is 2.62. The highest BCUT2D eigenvalue weighted by molar-refractivity contribution is 5.14. The Labute approximate surface area is 117 Å². The molecule has 1 heterocycles. The minimum Gasteiger partial charge on any atom is -0.388 e. The van der Waals surface area contributed by atoms with E-state index in [2.05, 4.69) is 12.2 Å². The summed E-state index contributed by atoms with van der Waals surface area (Å²) in [5.41, 5.74) is -0.357. The van der Waals surface area contributed by atoms with Crippen LogP contribution in [0.5, 0.6) is 0 Å². The number of rotatable bonds is 2. The predicted molar refractivity (Wildman–Crippen MR) is 76.8 cm³/mol. The molecule has 1 aliphatic heterocycles. The normalized spacial score (nSPS) is 56.5. The Morgan fingerprint density at radius 3 is 2.84 bits per heavy atom. The minimum absolute atomic E-state index is 0.357. The summed E-state index contributed by atoms with van der Waals surface area (Å²) in [4.78, 5) is 0. The Morgan fingerprint density at radius 2 is 2.00 bits per heavy atom. The quantitative estimate of drug-likeness (QED) is 0.803. The Hall–Kier alpha value is -0.0800. The van der Waals surface area contributed by atoms with Crippen molar-refractivity contribution in [2.45, 2.75) is 69.9 Å². The first kappa shape index (κ1) is 12.6. The molecular weight excluding hydrogens is 234 g/mol. The number of hydrogen-bond acceptors (Lipinski definition) is 2. The van der Waals surface area contributed by atoms with Gasteiger partial charge >= 0.3 is 0 Å². The van der Waals surface area contributed by atoms with Gasteiger partial charge in [-0.05, 0) is 74.7 Å². The van der Waals surface area contributed by atoms with Gasteiger partial charge in [0.15, 0.2) is 0 Å². The molecule has 2 N–H and O–H groups in total. The van der Waals surface area contributed by atoms with E-state index in [4.69, 9.17) is 0 Å². The number of fused-ring (bicyclic) bond motifs is 5. The van der Waals surface area contributed by atoms with Gasteiger partial charge in [-0.1, -0.05) is 19.8 Å². The fourth-order valence-corrected chi connectivity index (χ4v) is 6.31. The van der Waals surface area contributed by atoms with Gasteiger partial charge in [-0.25, -0.2) is 0 Å². The second-order valence-corrected chi connectivity index (χ2v) is 7.86. The molecule has 2 bridgehead atoms. The molecule has 4 fully saturated rings. The molecule has 0 radical (unpaired) electrons.